The summed E-state index contributed by atoms with van der Waals surface area (Å²) in [5.74, 6) is 1.27. The van der Waals surface area contributed by atoms with Gasteiger partial charge >= 0.3 is 5.97 Å². The van der Waals surface area contributed by atoms with Crippen molar-refractivity contribution in [1.29, 1.82) is 0 Å². The van der Waals surface area contributed by atoms with Crippen LogP contribution in [0.25, 0.3) is 6.08 Å². The van der Waals surface area contributed by atoms with Crippen molar-refractivity contribution in [3.63, 3.8) is 0 Å². The Morgan fingerprint density at radius 1 is 1.17 bits per heavy atom. The largest absolute Gasteiger partial charge is 0.462 e. The van der Waals surface area contributed by atoms with Crippen LogP contribution >= 0.6 is 0 Å². The van der Waals surface area contributed by atoms with Gasteiger partial charge < -0.3 is 4.74 Å². The molecule has 0 spiro atoms. The molecule has 0 N–H and O–H groups in total. The number of cyclic esters (lactones) is 1. The van der Waals surface area contributed by atoms with Crippen molar-refractivity contribution in [2.75, 3.05) is 0 Å². The van der Waals surface area contributed by atoms with Crippen LogP contribution in [0, 0.1) is 23.7 Å². The maximum atomic E-state index is 12.2. The van der Waals surface area contributed by atoms with Gasteiger partial charge in [0.15, 0.2) is 0 Å². The maximum absolute atomic E-state index is 12.2. The molecule has 1 aromatic rings. The minimum absolute atomic E-state index is 0.0165. The molecular formula is C21H24O2. The number of carbonyl (C=O) groups excluding carboxylic acids is 1. The molecule has 1 heterocycles. The molecule has 2 nitrogen and oxygen atoms in total. The summed E-state index contributed by atoms with van der Waals surface area (Å²) in [7, 11) is 0. The van der Waals surface area contributed by atoms with E-state index in [0.717, 1.165) is 6.42 Å². The van der Waals surface area contributed by atoms with Crippen molar-refractivity contribution >= 4 is 12.0 Å². The summed E-state index contributed by atoms with van der Waals surface area (Å²) in [6, 6.07) is 10.4. The molecule has 3 aliphatic rings. The van der Waals surface area contributed by atoms with E-state index in [9.17, 15) is 4.79 Å². The quantitative estimate of drug-likeness (QED) is 0.588. The fraction of sp³-hybridized carbons (Fsp3) is 0.476. The minimum atomic E-state index is -0.0280. The number of benzene rings is 1. The van der Waals surface area contributed by atoms with Crippen LogP contribution in [0.2, 0.25) is 0 Å². The average molecular weight is 308 g/mol. The Balaban J connectivity index is 1.68. The van der Waals surface area contributed by atoms with Crippen molar-refractivity contribution in [2.24, 2.45) is 23.7 Å². The summed E-state index contributed by atoms with van der Waals surface area (Å²) < 4.78 is 5.58. The molecule has 2 aliphatic carbocycles. The first-order chi connectivity index (χ1) is 11.2. The van der Waals surface area contributed by atoms with Crippen LogP contribution in [-0.4, -0.2) is 12.1 Å². The molecule has 2 heteroatoms. The summed E-state index contributed by atoms with van der Waals surface area (Å²) in [6.45, 7) is 2.06. The molecule has 1 aliphatic heterocycles. The van der Waals surface area contributed by atoms with Gasteiger partial charge in [0, 0.05) is 5.92 Å². The Labute approximate surface area is 138 Å². The van der Waals surface area contributed by atoms with Crippen LogP contribution in [0.15, 0.2) is 48.1 Å². The summed E-state index contributed by atoms with van der Waals surface area (Å²) in [6.07, 6.45) is 11.8. The van der Waals surface area contributed by atoms with Gasteiger partial charge in [-0.15, -0.1) is 0 Å². The van der Waals surface area contributed by atoms with E-state index >= 15 is 0 Å². The first kappa shape index (κ1) is 14.7. The predicted molar refractivity (Wildman–Crippen MR) is 91.5 cm³/mol. The second-order valence-electron chi connectivity index (χ2n) is 7.19. The summed E-state index contributed by atoms with van der Waals surface area (Å²) >= 11 is 0. The van der Waals surface area contributed by atoms with Crippen LogP contribution in [0.5, 0.6) is 0 Å². The Hall–Kier alpha value is -1.83. The van der Waals surface area contributed by atoms with Gasteiger partial charge in [0.25, 0.3) is 0 Å². The normalized spacial score (nSPS) is 36.3. The molecule has 0 bridgehead atoms. The number of ether oxygens (including phenoxy) is 1. The Morgan fingerprint density at radius 3 is 2.83 bits per heavy atom. The minimum Gasteiger partial charge on any atom is -0.462 e. The molecule has 1 saturated heterocycles. The van der Waals surface area contributed by atoms with Gasteiger partial charge in [-0.25, -0.2) is 0 Å². The van der Waals surface area contributed by atoms with Crippen LogP contribution in [0.3, 0.4) is 0 Å². The van der Waals surface area contributed by atoms with E-state index in [1.807, 2.05) is 6.07 Å². The Morgan fingerprint density at radius 2 is 2.00 bits per heavy atom. The third kappa shape index (κ3) is 2.65. The fourth-order valence-electron chi connectivity index (χ4n) is 4.78. The second kappa shape index (κ2) is 5.99. The summed E-state index contributed by atoms with van der Waals surface area (Å²) in [5.41, 5.74) is 2.74. The molecule has 5 atom stereocenters. The fourth-order valence-corrected chi connectivity index (χ4v) is 4.78. The van der Waals surface area contributed by atoms with Crippen LogP contribution in [-0.2, 0) is 9.53 Å². The van der Waals surface area contributed by atoms with Crippen molar-refractivity contribution in [1.82, 2.24) is 0 Å². The topological polar surface area (TPSA) is 26.3 Å². The van der Waals surface area contributed by atoms with Crippen LogP contribution in [0.1, 0.15) is 38.2 Å². The predicted octanol–water partition coefficient (Wildman–Crippen LogP) is 4.62. The lowest BCUT2D eigenvalue weighted by Gasteiger charge is -2.40. The van der Waals surface area contributed by atoms with Crippen molar-refractivity contribution in [2.45, 2.75) is 38.7 Å². The summed E-state index contributed by atoms with van der Waals surface area (Å²) in [4.78, 5) is 12.2. The van der Waals surface area contributed by atoms with Crippen LogP contribution in [0.4, 0.5) is 0 Å². The van der Waals surface area contributed by atoms with Gasteiger partial charge in [-0.3, -0.25) is 4.79 Å². The van der Waals surface area contributed by atoms with E-state index in [1.165, 1.54) is 30.4 Å². The lowest BCUT2D eigenvalue weighted by atomic mass is 9.62. The zero-order chi connectivity index (χ0) is 15.8. The number of rotatable bonds is 2. The Kier molecular flexibility index (Phi) is 3.84. The van der Waals surface area contributed by atoms with Gasteiger partial charge in [0.05, 0.1) is 5.92 Å². The highest BCUT2D eigenvalue weighted by atomic mass is 16.6. The van der Waals surface area contributed by atoms with Gasteiger partial charge in [0.2, 0.25) is 0 Å². The molecule has 4 rings (SSSR count). The van der Waals surface area contributed by atoms with Crippen LogP contribution < -0.4 is 0 Å². The number of esters is 1. The molecule has 0 aromatic heterocycles. The molecule has 1 saturated carbocycles. The molecule has 0 radical (unpaired) electrons. The Bertz CT molecular complexity index is 643. The third-order valence-corrected chi connectivity index (χ3v) is 5.85. The van der Waals surface area contributed by atoms with Gasteiger partial charge in [-0.2, -0.15) is 0 Å². The highest BCUT2D eigenvalue weighted by molar-refractivity contribution is 5.78. The first-order valence-corrected chi connectivity index (χ1v) is 8.88. The molecular weight excluding hydrogens is 284 g/mol. The smallest absolute Gasteiger partial charge is 0.313 e. The maximum Gasteiger partial charge on any atom is 0.313 e. The standard InChI is InChI=1S/C21H24O2/c1-14-20-18(12-11-15-7-3-2-4-8-15)17-10-6-5-9-16(17)13-19(20)21(22)23-14/h2-4,7-8,11-14,17-20H,5-6,9-10H2,1H3/b12-11+/t14-,17-,18+,19-,20+/m1/s1. The highest BCUT2D eigenvalue weighted by Gasteiger charge is 2.50. The van der Waals surface area contributed by atoms with Gasteiger partial charge in [0.1, 0.15) is 6.10 Å². The number of fused-ring (bicyclic) bond motifs is 2. The third-order valence-electron chi connectivity index (χ3n) is 5.85. The van der Waals surface area contributed by atoms with Gasteiger partial charge in [-0.05, 0) is 43.6 Å². The van der Waals surface area contributed by atoms with E-state index in [2.05, 4.69) is 49.4 Å². The number of allylic oxidation sites excluding steroid dienone is 2. The molecule has 23 heavy (non-hydrogen) atoms. The molecule has 0 amide bonds. The molecule has 120 valence electrons. The molecule has 2 fully saturated rings. The number of hydrogen-bond donors (Lipinski definition) is 0. The van der Waals surface area contributed by atoms with E-state index in [-0.39, 0.29) is 18.0 Å². The first-order valence-electron chi connectivity index (χ1n) is 8.88. The van der Waals surface area contributed by atoms with E-state index < -0.39 is 0 Å². The van der Waals surface area contributed by atoms with E-state index in [1.54, 1.807) is 0 Å². The zero-order valence-corrected chi connectivity index (χ0v) is 13.7. The highest BCUT2D eigenvalue weighted by Crippen LogP contribution is 2.50. The SMILES string of the molecule is C[C@H]1OC(=O)[C@@H]2C=C3CCCC[C@H]3[C@H](/C=C/c3ccccc3)[C@H]12. The van der Waals surface area contributed by atoms with E-state index in [4.69, 9.17) is 4.74 Å². The molecule has 0 unspecified atom stereocenters. The summed E-state index contributed by atoms with van der Waals surface area (Å²) in [5, 5.41) is 0. The van der Waals surface area contributed by atoms with Crippen molar-refractivity contribution in [3.8, 4) is 0 Å². The second-order valence-corrected chi connectivity index (χ2v) is 7.19. The van der Waals surface area contributed by atoms with E-state index in [0.29, 0.717) is 17.8 Å². The average Bonchev–Trinajstić information content (AvgIpc) is 2.87. The lowest BCUT2D eigenvalue weighted by Crippen LogP contribution is -2.37. The zero-order valence-electron chi connectivity index (χ0n) is 13.7. The van der Waals surface area contributed by atoms with Crippen molar-refractivity contribution in [3.05, 3.63) is 53.6 Å². The lowest BCUT2D eigenvalue weighted by molar-refractivity contribution is -0.142. The van der Waals surface area contributed by atoms with Gasteiger partial charge in [-0.1, -0.05) is 60.6 Å². The number of carbonyl (C=O) groups is 1. The molecule has 1 aromatic carbocycles. The number of hydrogen-bond acceptors (Lipinski definition) is 2. The van der Waals surface area contributed by atoms with Crippen molar-refractivity contribution < 1.29 is 9.53 Å². The monoisotopic (exact) mass is 308 g/mol.